The summed E-state index contributed by atoms with van der Waals surface area (Å²) in [6.07, 6.45) is -2.97. The molecule has 1 heterocycles. The third-order valence-corrected chi connectivity index (χ3v) is 4.64. The van der Waals surface area contributed by atoms with Gasteiger partial charge in [0.25, 0.3) is 0 Å². The molecule has 1 saturated carbocycles. The highest BCUT2D eigenvalue weighted by molar-refractivity contribution is 7.09. The van der Waals surface area contributed by atoms with Gasteiger partial charge in [0.15, 0.2) is 0 Å². The number of aliphatic hydroxyl groups is 1. The van der Waals surface area contributed by atoms with Crippen LogP contribution in [-0.2, 0) is 6.42 Å². The summed E-state index contributed by atoms with van der Waals surface area (Å²) in [7, 11) is 0. The van der Waals surface area contributed by atoms with Crippen molar-refractivity contribution >= 4 is 11.3 Å². The highest BCUT2D eigenvalue weighted by atomic mass is 32.1. The van der Waals surface area contributed by atoms with Crippen LogP contribution in [0.3, 0.4) is 0 Å². The molecule has 1 aliphatic rings. The van der Waals surface area contributed by atoms with Gasteiger partial charge < -0.3 is 5.11 Å². The quantitative estimate of drug-likeness (QED) is 0.921. The minimum atomic E-state index is -4.20. The maximum Gasteiger partial charge on any atom is 0.392 e. The summed E-state index contributed by atoms with van der Waals surface area (Å²) in [5.41, 5.74) is 0.696. The fourth-order valence-corrected chi connectivity index (χ4v) is 3.52. The van der Waals surface area contributed by atoms with Crippen molar-refractivity contribution in [2.24, 2.45) is 11.8 Å². The lowest BCUT2D eigenvalue weighted by Crippen LogP contribution is -2.40. The summed E-state index contributed by atoms with van der Waals surface area (Å²) in [6, 6.07) is 0. The smallest absolute Gasteiger partial charge is 0.392 e. The summed E-state index contributed by atoms with van der Waals surface area (Å²) in [4.78, 5) is 4.21. The van der Waals surface area contributed by atoms with Gasteiger partial charge >= 0.3 is 6.18 Å². The predicted octanol–water partition coefficient (Wildman–Crippen LogP) is 3.72. The Kier molecular flexibility index (Phi) is 4.50. The highest BCUT2D eigenvalue weighted by Crippen LogP contribution is 2.43. The van der Waals surface area contributed by atoms with Crippen LogP contribution in [0.1, 0.15) is 36.4 Å². The van der Waals surface area contributed by atoms with Gasteiger partial charge in [0.1, 0.15) is 0 Å². The number of aromatic nitrogens is 1. The van der Waals surface area contributed by atoms with Crippen LogP contribution in [0.2, 0.25) is 0 Å². The molecular formula is C13H18F3NOS. The van der Waals surface area contributed by atoms with Crippen molar-refractivity contribution in [3.63, 3.8) is 0 Å². The van der Waals surface area contributed by atoms with Crippen molar-refractivity contribution in [1.82, 2.24) is 4.98 Å². The lowest BCUT2D eigenvalue weighted by atomic mass is 9.75. The van der Waals surface area contributed by atoms with E-state index in [1.807, 2.05) is 12.3 Å². The van der Waals surface area contributed by atoms with E-state index in [9.17, 15) is 18.3 Å². The molecule has 0 aromatic carbocycles. The van der Waals surface area contributed by atoms with Crippen molar-refractivity contribution in [3.8, 4) is 0 Å². The van der Waals surface area contributed by atoms with Crippen molar-refractivity contribution < 1.29 is 18.3 Å². The fraction of sp³-hybridized carbons (Fsp3) is 0.769. The number of hydrogen-bond donors (Lipinski definition) is 1. The SMILES string of the molecule is Cc1nc(CC(O)C2CCCCC2C(F)(F)F)cs1. The molecule has 0 bridgehead atoms. The first-order valence-corrected chi connectivity index (χ1v) is 7.41. The number of hydrogen-bond acceptors (Lipinski definition) is 3. The first kappa shape index (κ1) is 14.8. The first-order chi connectivity index (χ1) is 8.88. The molecule has 6 heteroatoms. The van der Waals surface area contributed by atoms with Crippen molar-refractivity contribution in [1.29, 1.82) is 0 Å². The number of aryl methyl sites for hydroxylation is 1. The average Bonchev–Trinajstić information content (AvgIpc) is 2.73. The van der Waals surface area contributed by atoms with Gasteiger partial charge in [0.05, 0.1) is 22.7 Å². The maximum atomic E-state index is 13.0. The molecule has 3 atom stereocenters. The summed E-state index contributed by atoms with van der Waals surface area (Å²) >= 11 is 1.45. The highest BCUT2D eigenvalue weighted by Gasteiger charge is 2.47. The molecule has 1 N–H and O–H groups in total. The lowest BCUT2D eigenvalue weighted by Gasteiger charge is -2.35. The molecule has 1 aromatic heterocycles. The molecule has 0 amide bonds. The number of thiazole rings is 1. The fourth-order valence-electron chi connectivity index (χ4n) is 2.89. The van der Waals surface area contributed by atoms with Crippen LogP contribution in [0.4, 0.5) is 13.2 Å². The standard InChI is InChI=1S/C13H18F3NOS/c1-8-17-9(7-19-8)6-12(18)10-4-2-3-5-11(10)13(14,15)16/h7,10-12,18H,2-6H2,1H3. The molecule has 2 nitrogen and oxygen atoms in total. The van der Waals surface area contributed by atoms with Crippen LogP contribution in [0, 0.1) is 18.8 Å². The average molecular weight is 293 g/mol. The number of aliphatic hydroxyl groups excluding tert-OH is 1. The third-order valence-electron chi connectivity index (χ3n) is 3.82. The molecule has 3 unspecified atom stereocenters. The van der Waals surface area contributed by atoms with Crippen LogP contribution in [0.15, 0.2) is 5.38 Å². The van der Waals surface area contributed by atoms with Crippen molar-refractivity contribution in [3.05, 3.63) is 16.1 Å². The molecule has 0 spiro atoms. The second kappa shape index (κ2) is 5.79. The predicted molar refractivity (Wildman–Crippen MR) is 68.1 cm³/mol. The first-order valence-electron chi connectivity index (χ1n) is 6.53. The van der Waals surface area contributed by atoms with Gasteiger partial charge in [0, 0.05) is 11.8 Å². The van der Waals surface area contributed by atoms with Gasteiger partial charge in [-0.15, -0.1) is 11.3 Å². The summed E-state index contributed by atoms with van der Waals surface area (Å²) < 4.78 is 38.9. The second-order valence-electron chi connectivity index (χ2n) is 5.23. The zero-order valence-electron chi connectivity index (χ0n) is 10.8. The van der Waals surface area contributed by atoms with Gasteiger partial charge in [-0.25, -0.2) is 4.98 Å². The van der Waals surface area contributed by atoms with Gasteiger partial charge in [-0.05, 0) is 25.7 Å². The summed E-state index contributed by atoms with van der Waals surface area (Å²) in [5, 5.41) is 12.8. The third kappa shape index (κ3) is 3.69. The zero-order chi connectivity index (χ0) is 14.0. The number of nitrogens with zero attached hydrogens (tertiary/aromatic N) is 1. The van der Waals surface area contributed by atoms with E-state index < -0.39 is 24.1 Å². The van der Waals surface area contributed by atoms with Gasteiger partial charge in [0.2, 0.25) is 0 Å². The van der Waals surface area contributed by atoms with Crippen molar-refractivity contribution in [2.75, 3.05) is 0 Å². The largest absolute Gasteiger partial charge is 0.392 e. The zero-order valence-corrected chi connectivity index (χ0v) is 11.6. The number of alkyl halides is 3. The Morgan fingerprint density at radius 2 is 2.11 bits per heavy atom. The number of rotatable bonds is 3. The molecule has 0 radical (unpaired) electrons. The lowest BCUT2D eigenvalue weighted by molar-refractivity contribution is -0.206. The van der Waals surface area contributed by atoms with E-state index in [2.05, 4.69) is 4.98 Å². The molecule has 0 saturated heterocycles. The van der Waals surface area contributed by atoms with Crippen LogP contribution in [0.25, 0.3) is 0 Å². The molecular weight excluding hydrogens is 275 g/mol. The van der Waals surface area contributed by atoms with Crippen molar-refractivity contribution in [2.45, 2.75) is 51.3 Å². The van der Waals surface area contributed by atoms with Gasteiger partial charge in [-0.2, -0.15) is 13.2 Å². The van der Waals surface area contributed by atoms with Crippen LogP contribution in [0.5, 0.6) is 0 Å². The van der Waals surface area contributed by atoms with E-state index in [0.717, 1.165) is 11.4 Å². The Balaban J connectivity index is 2.05. The van der Waals surface area contributed by atoms with E-state index in [4.69, 9.17) is 0 Å². The molecule has 1 aromatic rings. The second-order valence-corrected chi connectivity index (χ2v) is 6.29. The Bertz CT molecular complexity index is 418. The van der Waals surface area contributed by atoms with Gasteiger partial charge in [-0.1, -0.05) is 12.8 Å². The molecule has 1 fully saturated rings. The Labute approximate surface area is 114 Å². The van der Waals surface area contributed by atoms with E-state index in [0.29, 0.717) is 18.5 Å². The van der Waals surface area contributed by atoms with Crippen LogP contribution in [-0.4, -0.2) is 22.4 Å². The summed E-state index contributed by atoms with van der Waals surface area (Å²) in [5.74, 6) is -2.05. The van der Waals surface area contributed by atoms with Crippen LogP contribution < -0.4 is 0 Å². The normalized spacial score (nSPS) is 26.4. The topological polar surface area (TPSA) is 33.1 Å². The minimum absolute atomic E-state index is 0.140. The van der Waals surface area contributed by atoms with Gasteiger partial charge in [-0.3, -0.25) is 0 Å². The summed E-state index contributed by atoms with van der Waals surface area (Å²) in [6.45, 7) is 1.85. The maximum absolute atomic E-state index is 13.0. The molecule has 19 heavy (non-hydrogen) atoms. The molecule has 108 valence electrons. The Morgan fingerprint density at radius 3 is 2.68 bits per heavy atom. The van der Waals surface area contributed by atoms with E-state index in [1.54, 1.807) is 0 Å². The minimum Gasteiger partial charge on any atom is -0.392 e. The van der Waals surface area contributed by atoms with E-state index in [1.165, 1.54) is 11.3 Å². The number of halogens is 3. The van der Waals surface area contributed by atoms with Crippen LogP contribution >= 0.6 is 11.3 Å². The van der Waals surface area contributed by atoms with E-state index in [-0.39, 0.29) is 12.8 Å². The Morgan fingerprint density at radius 1 is 1.42 bits per heavy atom. The van der Waals surface area contributed by atoms with E-state index >= 15 is 0 Å². The molecule has 1 aliphatic carbocycles. The molecule has 0 aliphatic heterocycles. The monoisotopic (exact) mass is 293 g/mol. The molecule has 2 rings (SSSR count). The Hall–Kier alpha value is -0.620.